The minimum absolute atomic E-state index is 0.118. The summed E-state index contributed by atoms with van der Waals surface area (Å²) in [6, 6.07) is 27.3. The Morgan fingerprint density at radius 2 is 1.31 bits per heavy atom. The summed E-state index contributed by atoms with van der Waals surface area (Å²) in [7, 11) is 0. The Morgan fingerprint density at radius 3 is 2.03 bits per heavy atom. The second-order valence-electron chi connectivity index (χ2n) is 7.45. The Labute approximate surface area is 201 Å². The SMILES string of the molecule is Oc1ccc2ccccc2c1-c1c(N=Cc2cc(Br)cc(Br)c2O)ccc2ccccc12. The summed E-state index contributed by atoms with van der Waals surface area (Å²) in [5.74, 6) is 0.317. The molecule has 3 nitrogen and oxygen atoms in total. The number of benzene rings is 5. The second kappa shape index (κ2) is 8.41. The van der Waals surface area contributed by atoms with Crippen molar-refractivity contribution in [1.29, 1.82) is 0 Å². The van der Waals surface area contributed by atoms with Crippen LogP contribution < -0.4 is 0 Å². The smallest absolute Gasteiger partial charge is 0.138 e. The van der Waals surface area contributed by atoms with Crippen LogP contribution >= 0.6 is 31.9 Å². The topological polar surface area (TPSA) is 52.8 Å². The number of phenolic OH excluding ortho intramolecular Hbond substituents is 2. The van der Waals surface area contributed by atoms with Gasteiger partial charge in [-0.25, -0.2) is 0 Å². The summed E-state index contributed by atoms with van der Waals surface area (Å²) < 4.78 is 1.41. The summed E-state index contributed by atoms with van der Waals surface area (Å²) in [4.78, 5) is 4.76. The minimum Gasteiger partial charge on any atom is -0.507 e. The third-order valence-corrected chi connectivity index (χ3v) is 6.53. The van der Waals surface area contributed by atoms with E-state index in [-0.39, 0.29) is 11.5 Å². The number of fused-ring (bicyclic) bond motifs is 2. The molecule has 0 atom stereocenters. The number of hydrogen-bond acceptors (Lipinski definition) is 3. The Hall–Kier alpha value is -3.15. The molecule has 0 aliphatic rings. The maximum Gasteiger partial charge on any atom is 0.138 e. The van der Waals surface area contributed by atoms with Crippen LogP contribution in [0.15, 0.2) is 98.9 Å². The standard InChI is InChI=1S/C27H17Br2NO2/c28-19-13-18(27(32)22(29)14-19)15-30-23-11-9-16-5-1-3-7-20(16)25(23)26-21-8-4-2-6-17(21)10-12-24(26)31/h1-15,31-32H. The van der Waals surface area contributed by atoms with Crippen molar-refractivity contribution < 1.29 is 10.2 Å². The van der Waals surface area contributed by atoms with E-state index < -0.39 is 0 Å². The molecule has 0 aromatic heterocycles. The molecule has 0 bridgehead atoms. The highest BCUT2D eigenvalue weighted by Crippen LogP contribution is 2.45. The molecule has 2 N–H and O–H groups in total. The third-order valence-electron chi connectivity index (χ3n) is 5.46. The summed E-state index contributed by atoms with van der Waals surface area (Å²) in [5, 5.41) is 25.4. The zero-order chi connectivity index (χ0) is 22.2. The predicted octanol–water partition coefficient (Wildman–Crippen LogP) is 8.35. The van der Waals surface area contributed by atoms with Gasteiger partial charge < -0.3 is 10.2 Å². The molecule has 32 heavy (non-hydrogen) atoms. The molecular formula is C27H17Br2NO2. The number of nitrogens with zero attached hydrogens (tertiary/aromatic N) is 1. The Morgan fingerprint density at radius 1 is 0.688 bits per heavy atom. The Kier molecular flexibility index (Phi) is 5.45. The molecule has 5 aromatic carbocycles. The quantitative estimate of drug-likeness (QED) is 0.223. The van der Waals surface area contributed by atoms with Crippen LogP contribution in [0.4, 0.5) is 5.69 Å². The monoisotopic (exact) mass is 545 g/mol. The molecule has 0 unspecified atom stereocenters. The zero-order valence-corrected chi connectivity index (χ0v) is 19.9. The van der Waals surface area contributed by atoms with Gasteiger partial charge >= 0.3 is 0 Å². The number of phenols is 2. The van der Waals surface area contributed by atoms with Gasteiger partial charge in [-0.1, -0.05) is 76.6 Å². The summed E-state index contributed by atoms with van der Waals surface area (Å²) in [5.41, 5.74) is 2.87. The molecule has 0 fully saturated rings. The first-order valence-corrected chi connectivity index (χ1v) is 11.6. The fourth-order valence-electron chi connectivity index (χ4n) is 3.98. The fourth-order valence-corrected chi connectivity index (χ4v) is 5.23. The number of hydrogen-bond donors (Lipinski definition) is 2. The van der Waals surface area contributed by atoms with Crippen molar-refractivity contribution in [1.82, 2.24) is 0 Å². The molecule has 0 aliphatic carbocycles. The predicted molar refractivity (Wildman–Crippen MR) is 139 cm³/mol. The van der Waals surface area contributed by atoms with Gasteiger partial charge in [0.1, 0.15) is 11.5 Å². The van der Waals surface area contributed by atoms with E-state index in [1.54, 1.807) is 24.4 Å². The lowest BCUT2D eigenvalue weighted by Crippen LogP contribution is -1.88. The highest BCUT2D eigenvalue weighted by molar-refractivity contribution is 9.11. The van der Waals surface area contributed by atoms with Gasteiger partial charge in [0, 0.05) is 27.4 Å². The van der Waals surface area contributed by atoms with Crippen LogP contribution in [0.5, 0.6) is 11.5 Å². The van der Waals surface area contributed by atoms with Gasteiger partial charge in [-0.2, -0.15) is 0 Å². The van der Waals surface area contributed by atoms with E-state index in [1.807, 2.05) is 66.7 Å². The van der Waals surface area contributed by atoms with E-state index in [2.05, 4.69) is 31.9 Å². The van der Waals surface area contributed by atoms with Crippen molar-refractivity contribution in [2.75, 3.05) is 0 Å². The molecule has 0 amide bonds. The molecule has 5 rings (SSSR count). The first kappa shape index (κ1) is 20.7. The third kappa shape index (κ3) is 3.68. The number of aromatic hydroxyl groups is 2. The normalized spacial score (nSPS) is 11.6. The van der Waals surface area contributed by atoms with Gasteiger partial charge in [-0.05, 0) is 61.7 Å². The average Bonchev–Trinajstić information content (AvgIpc) is 2.80. The molecule has 0 radical (unpaired) electrons. The van der Waals surface area contributed by atoms with Crippen molar-refractivity contribution in [3.05, 3.63) is 99.4 Å². The van der Waals surface area contributed by atoms with Gasteiger partial charge in [0.05, 0.1) is 10.2 Å². The van der Waals surface area contributed by atoms with Crippen LogP contribution in [0.3, 0.4) is 0 Å². The van der Waals surface area contributed by atoms with Gasteiger partial charge in [-0.3, -0.25) is 4.99 Å². The van der Waals surface area contributed by atoms with Crippen LogP contribution in [-0.2, 0) is 0 Å². The molecule has 0 saturated heterocycles. The van der Waals surface area contributed by atoms with Crippen LogP contribution in [0.2, 0.25) is 0 Å². The van der Waals surface area contributed by atoms with Crippen molar-refractivity contribution in [2.45, 2.75) is 0 Å². The maximum absolute atomic E-state index is 10.9. The molecule has 156 valence electrons. The Balaban J connectivity index is 1.81. The van der Waals surface area contributed by atoms with Crippen molar-refractivity contribution >= 4 is 65.3 Å². The molecule has 5 heteroatoms. The lowest BCUT2D eigenvalue weighted by atomic mass is 9.92. The summed E-state index contributed by atoms with van der Waals surface area (Å²) in [6.45, 7) is 0. The number of rotatable bonds is 3. The largest absolute Gasteiger partial charge is 0.507 e. The zero-order valence-electron chi connectivity index (χ0n) is 16.8. The van der Waals surface area contributed by atoms with Crippen molar-refractivity contribution in [2.24, 2.45) is 4.99 Å². The number of halogens is 2. The van der Waals surface area contributed by atoms with Gasteiger partial charge in [-0.15, -0.1) is 0 Å². The van der Waals surface area contributed by atoms with Gasteiger partial charge in [0.25, 0.3) is 0 Å². The first-order valence-electron chi connectivity index (χ1n) is 9.98. The van der Waals surface area contributed by atoms with E-state index in [4.69, 9.17) is 4.99 Å². The molecule has 0 aliphatic heterocycles. The highest BCUT2D eigenvalue weighted by Gasteiger charge is 2.16. The van der Waals surface area contributed by atoms with Crippen molar-refractivity contribution in [3.8, 4) is 22.6 Å². The average molecular weight is 547 g/mol. The lowest BCUT2D eigenvalue weighted by molar-refractivity contribution is 0.471. The van der Waals surface area contributed by atoms with E-state index in [1.165, 1.54) is 0 Å². The second-order valence-corrected chi connectivity index (χ2v) is 9.22. The van der Waals surface area contributed by atoms with Crippen LogP contribution in [0, 0.1) is 0 Å². The van der Waals surface area contributed by atoms with E-state index >= 15 is 0 Å². The van der Waals surface area contributed by atoms with Crippen molar-refractivity contribution in [3.63, 3.8) is 0 Å². The number of aliphatic imine (C=N–C) groups is 1. The van der Waals surface area contributed by atoms with E-state index in [9.17, 15) is 10.2 Å². The summed E-state index contributed by atoms with van der Waals surface area (Å²) in [6.07, 6.45) is 1.64. The van der Waals surface area contributed by atoms with Crippen LogP contribution in [-0.4, -0.2) is 16.4 Å². The van der Waals surface area contributed by atoms with Gasteiger partial charge in [0.15, 0.2) is 0 Å². The first-order chi connectivity index (χ1) is 15.5. The summed E-state index contributed by atoms with van der Waals surface area (Å²) >= 11 is 6.83. The Bertz CT molecular complexity index is 1530. The lowest BCUT2D eigenvalue weighted by Gasteiger charge is -2.15. The van der Waals surface area contributed by atoms with E-state index in [0.29, 0.717) is 15.7 Å². The molecule has 0 saturated carbocycles. The molecular weight excluding hydrogens is 530 g/mol. The maximum atomic E-state index is 10.9. The highest BCUT2D eigenvalue weighted by atomic mass is 79.9. The fraction of sp³-hybridized carbons (Fsp3) is 0. The minimum atomic E-state index is 0.118. The van der Waals surface area contributed by atoms with Gasteiger partial charge in [0.2, 0.25) is 0 Å². The van der Waals surface area contributed by atoms with Crippen LogP contribution in [0.1, 0.15) is 5.56 Å². The molecule has 5 aromatic rings. The molecule has 0 spiro atoms. The van der Waals surface area contributed by atoms with Crippen LogP contribution in [0.25, 0.3) is 32.7 Å². The van der Waals surface area contributed by atoms with E-state index in [0.717, 1.165) is 37.1 Å². The molecule has 0 heterocycles.